The first-order valence-electron chi connectivity index (χ1n) is 5.33. The predicted octanol–water partition coefficient (Wildman–Crippen LogP) is 0.927. The minimum Gasteiger partial charge on any atom is -0.390 e. The number of hydrogen-bond donors (Lipinski definition) is 3. The second-order valence-electron chi connectivity index (χ2n) is 3.70. The Morgan fingerprint density at radius 1 is 1.59 bits per heavy atom. The van der Waals surface area contributed by atoms with Crippen molar-refractivity contribution in [1.29, 1.82) is 0 Å². The van der Waals surface area contributed by atoms with E-state index >= 15 is 0 Å². The molecular formula is C10H18N2O3S2. The fourth-order valence-corrected chi connectivity index (χ4v) is 3.55. The number of aliphatic hydroxyl groups is 1. The SMILES string of the molecule is CCC(CSC)NS(=O)(=O)c1c[nH]c(CO)c1. The van der Waals surface area contributed by atoms with Crippen molar-refractivity contribution in [3.63, 3.8) is 0 Å². The van der Waals surface area contributed by atoms with Gasteiger partial charge in [0, 0.05) is 23.7 Å². The highest BCUT2D eigenvalue weighted by Gasteiger charge is 2.19. The summed E-state index contributed by atoms with van der Waals surface area (Å²) in [5, 5.41) is 8.88. The van der Waals surface area contributed by atoms with E-state index in [-0.39, 0.29) is 17.5 Å². The first kappa shape index (κ1) is 14.6. The minimum absolute atomic E-state index is 0.0672. The van der Waals surface area contributed by atoms with E-state index in [9.17, 15) is 8.42 Å². The van der Waals surface area contributed by atoms with Crippen LogP contribution in [0.5, 0.6) is 0 Å². The summed E-state index contributed by atoms with van der Waals surface area (Å²) in [7, 11) is -3.49. The lowest BCUT2D eigenvalue weighted by atomic mass is 10.3. The molecule has 3 N–H and O–H groups in total. The molecule has 0 amide bonds. The smallest absolute Gasteiger partial charge is 0.242 e. The van der Waals surface area contributed by atoms with Crippen LogP contribution in [-0.4, -0.2) is 36.6 Å². The normalized spacial score (nSPS) is 13.8. The van der Waals surface area contributed by atoms with Gasteiger partial charge in [-0.2, -0.15) is 11.8 Å². The average Bonchev–Trinajstić information content (AvgIpc) is 2.77. The lowest BCUT2D eigenvalue weighted by molar-refractivity contribution is 0.277. The molecular weight excluding hydrogens is 260 g/mol. The van der Waals surface area contributed by atoms with E-state index in [4.69, 9.17) is 5.11 Å². The van der Waals surface area contributed by atoms with Crippen LogP contribution < -0.4 is 4.72 Å². The van der Waals surface area contributed by atoms with E-state index in [1.807, 2.05) is 13.2 Å². The molecule has 1 atom stereocenters. The van der Waals surface area contributed by atoms with Crippen molar-refractivity contribution < 1.29 is 13.5 Å². The molecule has 0 fully saturated rings. The number of thioether (sulfide) groups is 1. The largest absolute Gasteiger partial charge is 0.390 e. The molecule has 0 aliphatic carbocycles. The Bertz CT molecular complexity index is 442. The van der Waals surface area contributed by atoms with Crippen molar-refractivity contribution >= 4 is 21.8 Å². The molecule has 1 heterocycles. The van der Waals surface area contributed by atoms with E-state index in [0.717, 1.165) is 12.2 Å². The molecule has 0 spiro atoms. The fraction of sp³-hybridized carbons (Fsp3) is 0.600. The standard InChI is InChI=1S/C10H18N2O3S2/c1-3-8(7-16-2)12-17(14,15)10-4-9(6-13)11-5-10/h4-5,8,11-13H,3,6-7H2,1-2H3. The number of aliphatic hydroxyl groups excluding tert-OH is 1. The molecule has 0 saturated heterocycles. The Kier molecular flexibility index (Phi) is 5.51. The minimum atomic E-state index is -3.49. The van der Waals surface area contributed by atoms with Crippen LogP contribution in [0.15, 0.2) is 17.2 Å². The van der Waals surface area contributed by atoms with Crippen LogP contribution in [0.1, 0.15) is 19.0 Å². The van der Waals surface area contributed by atoms with Crippen molar-refractivity contribution in [2.45, 2.75) is 30.9 Å². The molecule has 1 rings (SSSR count). The lowest BCUT2D eigenvalue weighted by Gasteiger charge is -2.14. The molecule has 0 aromatic carbocycles. The molecule has 1 unspecified atom stereocenters. The van der Waals surface area contributed by atoms with Gasteiger partial charge in [0.05, 0.1) is 11.5 Å². The van der Waals surface area contributed by atoms with Gasteiger partial charge in [0.2, 0.25) is 10.0 Å². The van der Waals surface area contributed by atoms with Crippen LogP contribution in [-0.2, 0) is 16.6 Å². The highest BCUT2D eigenvalue weighted by atomic mass is 32.2. The Labute approximate surface area is 106 Å². The zero-order valence-electron chi connectivity index (χ0n) is 9.93. The van der Waals surface area contributed by atoms with E-state index in [1.165, 1.54) is 12.3 Å². The molecule has 5 nitrogen and oxygen atoms in total. The van der Waals surface area contributed by atoms with Gasteiger partial charge < -0.3 is 10.1 Å². The molecule has 1 aromatic heterocycles. The molecule has 7 heteroatoms. The van der Waals surface area contributed by atoms with Gasteiger partial charge in [-0.05, 0) is 18.7 Å². The second kappa shape index (κ2) is 6.44. The van der Waals surface area contributed by atoms with E-state index in [0.29, 0.717) is 5.69 Å². The molecule has 98 valence electrons. The number of rotatable bonds is 7. The Balaban J connectivity index is 2.80. The van der Waals surface area contributed by atoms with Crippen molar-refractivity contribution in [3.05, 3.63) is 18.0 Å². The molecule has 0 radical (unpaired) electrons. The number of aromatic nitrogens is 1. The van der Waals surface area contributed by atoms with Crippen molar-refractivity contribution in [3.8, 4) is 0 Å². The van der Waals surface area contributed by atoms with Crippen LogP contribution in [0.4, 0.5) is 0 Å². The van der Waals surface area contributed by atoms with Gasteiger partial charge in [-0.25, -0.2) is 13.1 Å². The van der Waals surface area contributed by atoms with E-state index in [2.05, 4.69) is 9.71 Å². The third kappa shape index (κ3) is 4.02. The van der Waals surface area contributed by atoms with Gasteiger partial charge in [0.15, 0.2) is 0 Å². The molecule has 1 aromatic rings. The number of hydrogen-bond acceptors (Lipinski definition) is 4. The third-order valence-electron chi connectivity index (χ3n) is 2.38. The van der Waals surface area contributed by atoms with Crippen LogP contribution >= 0.6 is 11.8 Å². The quantitative estimate of drug-likeness (QED) is 0.693. The van der Waals surface area contributed by atoms with Crippen LogP contribution in [0.25, 0.3) is 0 Å². The zero-order chi connectivity index (χ0) is 12.9. The molecule has 0 aliphatic rings. The highest BCUT2D eigenvalue weighted by Crippen LogP contribution is 2.13. The Morgan fingerprint density at radius 3 is 2.76 bits per heavy atom. The highest BCUT2D eigenvalue weighted by molar-refractivity contribution is 7.98. The summed E-state index contributed by atoms with van der Waals surface area (Å²) in [6.07, 6.45) is 4.08. The van der Waals surface area contributed by atoms with Crippen LogP contribution in [0.2, 0.25) is 0 Å². The van der Waals surface area contributed by atoms with Gasteiger partial charge in [-0.3, -0.25) is 0 Å². The number of sulfonamides is 1. The number of nitrogens with one attached hydrogen (secondary N) is 2. The fourth-order valence-electron chi connectivity index (χ4n) is 1.39. The zero-order valence-corrected chi connectivity index (χ0v) is 11.6. The van der Waals surface area contributed by atoms with E-state index < -0.39 is 10.0 Å². The maximum absolute atomic E-state index is 12.0. The second-order valence-corrected chi connectivity index (χ2v) is 6.33. The Morgan fingerprint density at radius 2 is 2.29 bits per heavy atom. The first-order valence-corrected chi connectivity index (χ1v) is 8.20. The van der Waals surface area contributed by atoms with Gasteiger partial charge in [0.25, 0.3) is 0 Å². The van der Waals surface area contributed by atoms with Crippen LogP contribution in [0.3, 0.4) is 0 Å². The average molecular weight is 278 g/mol. The Hall–Kier alpha value is -0.500. The van der Waals surface area contributed by atoms with Crippen molar-refractivity contribution in [1.82, 2.24) is 9.71 Å². The van der Waals surface area contributed by atoms with Gasteiger partial charge in [-0.1, -0.05) is 6.92 Å². The summed E-state index contributed by atoms with van der Waals surface area (Å²) < 4.78 is 26.6. The summed E-state index contributed by atoms with van der Waals surface area (Å²) in [4.78, 5) is 2.88. The van der Waals surface area contributed by atoms with Crippen LogP contribution in [0, 0.1) is 0 Å². The number of H-pyrrole nitrogens is 1. The van der Waals surface area contributed by atoms with Gasteiger partial charge >= 0.3 is 0 Å². The molecule has 0 bridgehead atoms. The van der Waals surface area contributed by atoms with Crippen molar-refractivity contribution in [2.24, 2.45) is 0 Å². The summed E-state index contributed by atoms with van der Waals surface area (Å²) in [6.45, 7) is 1.75. The number of aromatic amines is 1. The van der Waals surface area contributed by atoms with Gasteiger partial charge in [0.1, 0.15) is 0 Å². The third-order valence-corrected chi connectivity index (χ3v) is 4.62. The lowest BCUT2D eigenvalue weighted by Crippen LogP contribution is -2.35. The molecule has 0 saturated carbocycles. The molecule has 17 heavy (non-hydrogen) atoms. The monoisotopic (exact) mass is 278 g/mol. The summed E-state index contributed by atoms with van der Waals surface area (Å²) in [6, 6.07) is 1.37. The first-order chi connectivity index (χ1) is 8.03. The summed E-state index contributed by atoms with van der Waals surface area (Å²) in [5.74, 6) is 0.743. The topological polar surface area (TPSA) is 82.2 Å². The maximum atomic E-state index is 12.0. The van der Waals surface area contributed by atoms with E-state index in [1.54, 1.807) is 11.8 Å². The summed E-state index contributed by atoms with van der Waals surface area (Å²) in [5.41, 5.74) is 0.489. The predicted molar refractivity (Wildman–Crippen MR) is 69.5 cm³/mol. The molecule has 0 aliphatic heterocycles. The van der Waals surface area contributed by atoms with Gasteiger partial charge in [-0.15, -0.1) is 0 Å². The van der Waals surface area contributed by atoms with Crippen molar-refractivity contribution in [2.75, 3.05) is 12.0 Å². The summed E-state index contributed by atoms with van der Waals surface area (Å²) >= 11 is 1.61. The maximum Gasteiger partial charge on any atom is 0.242 e.